The number of hydrogen-bond donors (Lipinski definition) is 0. The minimum atomic E-state index is -0.494. The summed E-state index contributed by atoms with van der Waals surface area (Å²) in [5.74, 6) is -0.994. The van der Waals surface area contributed by atoms with Crippen LogP contribution in [0.3, 0.4) is 0 Å². The minimum absolute atomic E-state index is 0.00693. The zero-order chi connectivity index (χ0) is 31.8. The maximum absolute atomic E-state index is 12.2. The molecule has 2 aromatic carbocycles. The van der Waals surface area contributed by atoms with Gasteiger partial charge in [-0.1, -0.05) is 102 Å². The van der Waals surface area contributed by atoms with Gasteiger partial charge in [0.05, 0.1) is 38.9 Å². The monoisotopic (exact) mass is 610 g/mol. The second-order valence-corrected chi connectivity index (χ2v) is 11.0. The van der Waals surface area contributed by atoms with Crippen molar-refractivity contribution in [1.29, 1.82) is 0 Å². The quantitative estimate of drug-likeness (QED) is 0.0700. The molecule has 0 aromatic heterocycles. The highest BCUT2D eigenvalue weighted by Crippen LogP contribution is 2.25. The Kier molecular flexibility index (Phi) is 18.9. The van der Waals surface area contributed by atoms with Gasteiger partial charge in [-0.2, -0.15) is 0 Å². The molecule has 0 aliphatic rings. The fourth-order valence-corrected chi connectivity index (χ4v) is 4.49. The number of carbonyl (C=O) groups is 4. The van der Waals surface area contributed by atoms with Crippen molar-refractivity contribution < 1.29 is 38.1 Å². The van der Waals surface area contributed by atoms with E-state index in [2.05, 4.69) is 13.8 Å². The lowest BCUT2D eigenvalue weighted by Crippen LogP contribution is -2.13. The third kappa shape index (κ3) is 16.8. The predicted molar refractivity (Wildman–Crippen MR) is 170 cm³/mol. The number of unbranched alkanes of at least 4 members (excludes halogenated alkanes) is 10. The van der Waals surface area contributed by atoms with Gasteiger partial charge in [0, 0.05) is 0 Å². The van der Waals surface area contributed by atoms with Crippen molar-refractivity contribution in [2.45, 2.75) is 117 Å². The van der Waals surface area contributed by atoms with E-state index in [-0.39, 0.29) is 37.6 Å². The van der Waals surface area contributed by atoms with E-state index in [9.17, 15) is 19.2 Å². The highest BCUT2D eigenvalue weighted by atomic mass is 16.5. The van der Waals surface area contributed by atoms with E-state index in [1.54, 1.807) is 24.3 Å². The van der Waals surface area contributed by atoms with Crippen LogP contribution in [0.15, 0.2) is 48.5 Å². The van der Waals surface area contributed by atoms with E-state index < -0.39 is 11.9 Å². The first-order valence-corrected chi connectivity index (χ1v) is 16.3. The van der Waals surface area contributed by atoms with Crippen molar-refractivity contribution in [3.63, 3.8) is 0 Å². The van der Waals surface area contributed by atoms with Gasteiger partial charge in [-0.15, -0.1) is 0 Å². The van der Waals surface area contributed by atoms with Crippen LogP contribution in [0.25, 0.3) is 11.1 Å². The third-order valence-electron chi connectivity index (χ3n) is 7.09. The third-order valence-corrected chi connectivity index (χ3v) is 7.09. The first kappa shape index (κ1) is 36.5. The first-order chi connectivity index (χ1) is 21.4. The molecule has 2 aromatic rings. The Balaban J connectivity index is 1.64. The van der Waals surface area contributed by atoms with Crippen LogP contribution in [-0.2, 0) is 28.7 Å². The smallest absolute Gasteiger partial charge is 0.311 e. The van der Waals surface area contributed by atoms with Gasteiger partial charge in [0.15, 0.2) is 0 Å². The number of hydrogen-bond acceptors (Lipinski definition) is 8. The predicted octanol–water partition coefficient (Wildman–Crippen LogP) is 8.53. The molecule has 242 valence electrons. The standard InChI is InChI=1S/C36H50O8/c1-3-5-7-9-11-13-27-41-33(37)23-25-35(39)43-31-19-15-29(16-20-31)30-17-21-32(22-18-30)44-36(40)26-24-34(38)42-28-14-12-10-8-6-4-2/h15-22H,3-14,23-28H2,1-2H3. The molecule has 0 bridgehead atoms. The van der Waals surface area contributed by atoms with E-state index in [1.165, 1.54) is 38.5 Å². The molecule has 0 saturated carbocycles. The molecule has 0 unspecified atom stereocenters. The van der Waals surface area contributed by atoms with Crippen molar-refractivity contribution >= 4 is 23.9 Å². The van der Waals surface area contributed by atoms with Crippen molar-refractivity contribution in [2.24, 2.45) is 0 Å². The molecule has 2 rings (SSSR count). The molecule has 0 fully saturated rings. The molecule has 0 aliphatic carbocycles. The van der Waals surface area contributed by atoms with Crippen LogP contribution >= 0.6 is 0 Å². The second kappa shape index (κ2) is 22.8. The van der Waals surface area contributed by atoms with Crippen molar-refractivity contribution in [3.8, 4) is 22.6 Å². The van der Waals surface area contributed by atoms with E-state index in [0.717, 1.165) is 49.7 Å². The lowest BCUT2D eigenvalue weighted by Gasteiger charge is -2.08. The molecule has 8 nitrogen and oxygen atoms in total. The van der Waals surface area contributed by atoms with Crippen molar-refractivity contribution in [2.75, 3.05) is 13.2 Å². The van der Waals surface area contributed by atoms with Crippen LogP contribution in [0.4, 0.5) is 0 Å². The molecule has 0 atom stereocenters. The molecule has 8 heteroatoms. The number of esters is 4. The molecular weight excluding hydrogens is 560 g/mol. The van der Waals surface area contributed by atoms with Gasteiger partial charge in [-0.3, -0.25) is 19.2 Å². The highest BCUT2D eigenvalue weighted by molar-refractivity contribution is 5.80. The van der Waals surface area contributed by atoms with Crippen LogP contribution in [0, 0.1) is 0 Å². The largest absolute Gasteiger partial charge is 0.466 e. The zero-order valence-electron chi connectivity index (χ0n) is 26.6. The van der Waals surface area contributed by atoms with E-state index >= 15 is 0 Å². The highest BCUT2D eigenvalue weighted by Gasteiger charge is 2.12. The normalized spacial score (nSPS) is 10.7. The van der Waals surface area contributed by atoms with E-state index in [1.807, 2.05) is 24.3 Å². The Morgan fingerprint density at radius 1 is 0.432 bits per heavy atom. The Hall–Kier alpha value is -3.68. The Labute approximate surface area is 262 Å². The molecule has 0 spiro atoms. The first-order valence-electron chi connectivity index (χ1n) is 16.3. The lowest BCUT2D eigenvalue weighted by molar-refractivity contribution is -0.147. The summed E-state index contributed by atoms with van der Waals surface area (Å²) < 4.78 is 21.1. The van der Waals surface area contributed by atoms with Crippen molar-refractivity contribution in [1.82, 2.24) is 0 Å². The molecule has 0 radical (unpaired) electrons. The summed E-state index contributed by atoms with van der Waals surface area (Å²) in [6.45, 7) is 5.13. The van der Waals surface area contributed by atoms with Crippen LogP contribution in [0.2, 0.25) is 0 Å². The Bertz CT molecular complexity index is 1020. The second-order valence-electron chi connectivity index (χ2n) is 11.0. The van der Waals surface area contributed by atoms with Gasteiger partial charge in [-0.25, -0.2) is 0 Å². The van der Waals surface area contributed by atoms with Gasteiger partial charge in [-0.05, 0) is 48.2 Å². The average Bonchev–Trinajstić information content (AvgIpc) is 3.03. The number of rotatable bonds is 23. The van der Waals surface area contributed by atoms with Crippen LogP contribution < -0.4 is 9.47 Å². The summed E-state index contributed by atoms with van der Waals surface area (Å²) in [5, 5.41) is 0. The maximum atomic E-state index is 12.2. The molecule has 44 heavy (non-hydrogen) atoms. The number of benzene rings is 2. The van der Waals surface area contributed by atoms with Gasteiger partial charge in [0.1, 0.15) is 11.5 Å². The zero-order valence-corrected chi connectivity index (χ0v) is 26.6. The average molecular weight is 611 g/mol. The summed E-state index contributed by atoms with van der Waals surface area (Å²) >= 11 is 0. The summed E-state index contributed by atoms with van der Waals surface area (Å²) in [7, 11) is 0. The summed E-state index contributed by atoms with van der Waals surface area (Å²) in [5.41, 5.74) is 1.77. The maximum Gasteiger partial charge on any atom is 0.311 e. The van der Waals surface area contributed by atoms with Gasteiger partial charge < -0.3 is 18.9 Å². The SMILES string of the molecule is CCCCCCCCOC(=O)CCC(=O)Oc1ccc(-c2ccc(OC(=O)CCC(=O)OCCCCCCCC)cc2)cc1. The van der Waals surface area contributed by atoms with Crippen molar-refractivity contribution in [3.05, 3.63) is 48.5 Å². The fourth-order valence-electron chi connectivity index (χ4n) is 4.49. The molecule has 0 N–H and O–H groups in total. The summed E-state index contributed by atoms with van der Waals surface area (Å²) in [6, 6.07) is 14.0. The lowest BCUT2D eigenvalue weighted by atomic mass is 10.1. The summed E-state index contributed by atoms with van der Waals surface area (Å²) in [4.78, 5) is 48.1. The van der Waals surface area contributed by atoms with Gasteiger partial charge in [0.2, 0.25) is 0 Å². The van der Waals surface area contributed by atoms with Gasteiger partial charge in [0.25, 0.3) is 0 Å². The van der Waals surface area contributed by atoms with E-state index in [4.69, 9.17) is 18.9 Å². The Morgan fingerprint density at radius 2 is 0.750 bits per heavy atom. The number of ether oxygens (including phenoxy) is 4. The Morgan fingerprint density at radius 3 is 1.11 bits per heavy atom. The number of carbonyl (C=O) groups excluding carboxylic acids is 4. The van der Waals surface area contributed by atoms with Crippen LogP contribution in [-0.4, -0.2) is 37.1 Å². The minimum Gasteiger partial charge on any atom is -0.466 e. The molecular formula is C36H50O8. The van der Waals surface area contributed by atoms with E-state index in [0.29, 0.717) is 24.7 Å². The molecule has 0 aliphatic heterocycles. The van der Waals surface area contributed by atoms with Gasteiger partial charge >= 0.3 is 23.9 Å². The summed E-state index contributed by atoms with van der Waals surface area (Å²) in [6.07, 6.45) is 13.3. The molecule has 0 saturated heterocycles. The van der Waals surface area contributed by atoms with Crippen LogP contribution in [0.5, 0.6) is 11.5 Å². The molecule has 0 amide bonds. The topological polar surface area (TPSA) is 105 Å². The van der Waals surface area contributed by atoms with Crippen LogP contribution in [0.1, 0.15) is 117 Å². The molecule has 0 heterocycles. The fraction of sp³-hybridized carbons (Fsp3) is 0.556.